The fourth-order valence-corrected chi connectivity index (χ4v) is 3.90. The van der Waals surface area contributed by atoms with Crippen molar-refractivity contribution in [3.8, 4) is 6.07 Å². The smallest absolute Gasteiger partial charge is 0.247 e. The molecule has 8 heteroatoms. The molecule has 3 N–H and O–H groups in total. The van der Waals surface area contributed by atoms with E-state index in [4.69, 9.17) is 5.73 Å². The molecule has 1 aliphatic heterocycles. The van der Waals surface area contributed by atoms with E-state index in [1.165, 1.54) is 0 Å². The van der Waals surface area contributed by atoms with Crippen LogP contribution >= 0.6 is 0 Å². The van der Waals surface area contributed by atoms with Crippen molar-refractivity contribution in [2.24, 2.45) is 17.1 Å². The van der Waals surface area contributed by atoms with Crippen LogP contribution in [0.15, 0.2) is 36.7 Å². The van der Waals surface area contributed by atoms with Crippen molar-refractivity contribution in [3.63, 3.8) is 0 Å². The molecule has 2 amide bonds. The fourth-order valence-electron chi connectivity index (χ4n) is 3.90. The Morgan fingerprint density at radius 1 is 1.30 bits per heavy atom. The second-order valence-electron chi connectivity index (χ2n) is 8.51. The van der Waals surface area contributed by atoms with Gasteiger partial charge in [-0.3, -0.25) is 9.59 Å². The predicted octanol–water partition coefficient (Wildman–Crippen LogP) is 2.64. The van der Waals surface area contributed by atoms with E-state index in [-0.39, 0.29) is 11.8 Å². The molecule has 1 atom stereocenters. The maximum absolute atomic E-state index is 13.0. The van der Waals surface area contributed by atoms with Crippen molar-refractivity contribution >= 4 is 29.1 Å². The average molecular weight is 404 g/mol. The van der Waals surface area contributed by atoms with Gasteiger partial charge in [-0.15, -0.1) is 0 Å². The maximum Gasteiger partial charge on any atom is 0.247 e. The van der Waals surface area contributed by atoms with Gasteiger partial charge in [0.05, 0.1) is 11.5 Å². The van der Waals surface area contributed by atoms with Gasteiger partial charge in [0.1, 0.15) is 17.1 Å². The van der Waals surface area contributed by atoms with Gasteiger partial charge < -0.3 is 16.0 Å². The van der Waals surface area contributed by atoms with Crippen molar-refractivity contribution < 1.29 is 9.59 Å². The number of nitrogens with zero attached hydrogens (tertiary/aromatic N) is 4. The number of aromatic nitrogens is 2. The topological polar surface area (TPSA) is 125 Å². The molecule has 0 spiro atoms. The summed E-state index contributed by atoms with van der Waals surface area (Å²) in [6, 6.07) is 9.41. The minimum Gasteiger partial charge on any atom is -0.369 e. The van der Waals surface area contributed by atoms with Crippen LogP contribution in [0.1, 0.15) is 38.7 Å². The number of nitrogens with two attached hydrogens (primary N) is 1. The molecule has 1 saturated heterocycles. The minimum absolute atomic E-state index is 0.110. The predicted molar refractivity (Wildman–Crippen MR) is 112 cm³/mol. The summed E-state index contributed by atoms with van der Waals surface area (Å²) >= 11 is 0. The number of carbonyl (C=O) groups excluding carboxylic acids is 2. The quantitative estimate of drug-likeness (QED) is 0.762. The highest BCUT2D eigenvalue weighted by molar-refractivity contribution is 6.02. The molecule has 2 aromatic rings. The van der Waals surface area contributed by atoms with Gasteiger partial charge in [-0.2, -0.15) is 5.26 Å². The molecule has 0 bridgehead atoms. The van der Waals surface area contributed by atoms with E-state index in [0.29, 0.717) is 30.3 Å². The number of pyridine rings is 2. The molecule has 30 heavy (non-hydrogen) atoms. The summed E-state index contributed by atoms with van der Waals surface area (Å²) in [7, 11) is 0. The summed E-state index contributed by atoms with van der Waals surface area (Å²) in [5.74, 6) is 0.748. The molecule has 4 rings (SSSR count). The normalized spacial score (nSPS) is 21.4. The van der Waals surface area contributed by atoms with Gasteiger partial charge >= 0.3 is 0 Å². The second kappa shape index (κ2) is 7.10. The number of anilines is 3. The van der Waals surface area contributed by atoms with Crippen LogP contribution in [0.25, 0.3) is 0 Å². The third-order valence-corrected chi connectivity index (χ3v) is 6.24. The molecule has 0 aromatic carbocycles. The molecule has 1 aliphatic carbocycles. The van der Waals surface area contributed by atoms with E-state index in [1.807, 2.05) is 0 Å². The monoisotopic (exact) mass is 404 g/mol. The molecule has 2 fully saturated rings. The van der Waals surface area contributed by atoms with Crippen LogP contribution in [0.4, 0.5) is 17.3 Å². The summed E-state index contributed by atoms with van der Waals surface area (Å²) < 4.78 is 0. The first-order valence-electron chi connectivity index (χ1n) is 10.0. The first-order chi connectivity index (χ1) is 14.3. The second-order valence-corrected chi connectivity index (χ2v) is 8.51. The van der Waals surface area contributed by atoms with Gasteiger partial charge in [-0.1, -0.05) is 6.07 Å². The summed E-state index contributed by atoms with van der Waals surface area (Å²) in [5.41, 5.74) is 5.20. The molecule has 0 unspecified atom stereocenters. The molecule has 154 valence electrons. The Kier molecular flexibility index (Phi) is 4.69. The standard InChI is InChI=1S/C22H24N6O2/c1-21(2,19(24)29)15-5-6-17(26-12-15)27-18-11-16(7-9-25-18)28-10-8-22(13-23,20(28)30)14-3-4-14/h5-7,9,11-12,14H,3-4,8,10H2,1-2H3,(H2,24,29)(H,25,26,27)/t22-/m1/s1. The van der Waals surface area contributed by atoms with Gasteiger partial charge in [-0.05, 0) is 56.7 Å². The highest BCUT2D eigenvalue weighted by Gasteiger charge is 2.56. The Labute approximate surface area is 175 Å². The number of hydrogen-bond donors (Lipinski definition) is 2. The summed E-state index contributed by atoms with van der Waals surface area (Å²) in [6.45, 7) is 4.03. The van der Waals surface area contributed by atoms with Crippen molar-refractivity contribution in [1.29, 1.82) is 5.26 Å². The Morgan fingerprint density at radius 2 is 2.07 bits per heavy atom. The summed E-state index contributed by atoms with van der Waals surface area (Å²) in [4.78, 5) is 35.0. The van der Waals surface area contributed by atoms with E-state index in [0.717, 1.165) is 18.4 Å². The molecule has 3 heterocycles. The number of nitriles is 1. The number of hydrogen-bond acceptors (Lipinski definition) is 6. The summed E-state index contributed by atoms with van der Waals surface area (Å²) in [6.07, 6.45) is 5.70. The lowest BCUT2D eigenvalue weighted by Gasteiger charge is -2.21. The largest absolute Gasteiger partial charge is 0.369 e. The van der Waals surface area contributed by atoms with Gasteiger partial charge in [0, 0.05) is 30.7 Å². The van der Waals surface area contributed by atoms with Crippen LogP contribution in [0.3, 0.4) is 0 Å². The number of amides is 2. The van der Waals surface area contributed by atoms with Gasteiger partial charge in [0.15, 0.2) is 0 Å². The van der Waals surface area contributed by atoms with Crippen molar-refractivity contribution in [2.45, 2.75) is 38.5 Å². The number of carbonyl (C=O) groups is 2. The molecule has 1 saturated carbocycles. The Balaban J connectivity index is 1.52. The lowest BCUT2D eigenvalue weighted by atomic mass is 9.83. The Bertz CT molecular complexity index is 1040. The molecule has 8 nitrogen and oxygen atoms in total. The zero-order valence-corrected chi connectivity index (χ0v) is 17.1. The molecular weight excluding hydrogens is 380 g/mol. The van der Waals surface area contributed by atoms with E-state index >= 15 is 0 Å². The number of rotatable bonds is 6. The minimum atomic E-state index is -0.874. The van der Waals surface area contributed by atoms with E-state index in [2.05, 4.69) is 21.4 Å². The first kappa shape index (κ1) is 19.8. The zero-order chi connectivity index (χ0) is 21.5. The van der Waals surface area contributed by atoms with Crippen LogP contribution in [0, 0.1) is 22.7 Å². The maximum atomic E-state index is 13.0. The van der Waals surface area contributed by atoms with Crippen molar-refractivity contribution in [3.05, 3.63) is 42.2 Å². The lowest BCUT2D eigenvalue weighted by Crippen LogP contribution is -2.35. The van der Waals surface area contributed by atoms with E-state index < -0.39 is 16.7 Å². The Morgan fingerprint density at radius 3 is 2.67 bits per heavy atom. The fraction of sp³-hybridized carbons (Fsp3) is 0.409. The van der Waals surface area contributed by atoms with Crippen LogP contribution in [0.5, 0.6) is 0 Å². The van der Waals surface area contributed by atoms with Crippen LogP contribution < -0.4 is 16.0 Å². The number of primary amides is 1. The zero-order valence-electron chi connectivity index (χ0n) is 17.1. The van der Waals surface area contributed by atoms with Crippen LogP contribution in [0.2, 0.25) is 0 Å². The first-order valence-corrected chi connectivity index (χ1v) is 10.0. The average Bonchev–Trinajstić information content (AvgIpc) is 3.52. The third-order valence-electron chi connectivity index (χ3n) is 6.24. The Hall–Kier alpha value is -3.47. The van der Waals surface area contributed by atoms with Crippen LogP contribution in [-0.2, 0) is 15.0 Å². The summed E-state index contributed by atoms with van der Waals surface area (Å²) in [5, 5.41) is 12.8. The number of nitrogens with one attached hydrogen (secondary N) is 1. The van der Waals surface area contributed by atoms with Gasteiger partial charge in [-0.25, -0.2) is 9.97 Å². The molecule has 2 aromatic heterocycles. The third kappa shape index (κ3) is 3.26. The lowest BCUT2D eigenvalue weighted by molar-refractivity contribution is -0.124. The molecule has 2 aliphatic rings. The van der Waals surface area contributed by atoms with Crippen molar-refractivity contribution in [2.75, 3.05) is 16.8 Å². The van der Waals surface area contributed by atoms with Gasteiger partial charge in [0.25, 0.3) is 0 Å². The van der Waals surface area contributed by atoms with Gasteiger partial charge in [0.2, 0.25) is 11.8 Å². The van der Waals surface area contributed by atoms with Crippen molar-refractivity contribution in [1.82, 2.24) is 9.97 Å². The molecular formula is C22H24N6O2. The van der Waals surface area contributed by atoms with Crippen LogP contribution in [-0.4, -0.2) is 28.3 Å². The highest BCUT2D eigenvalue weighted by atomic mass is 16.2. The van der Waals surface area contributed by atoms with E-state index in [1.54, 1.807) is 55.4 Å². The molecule has 0 radical (unpaired) electrons. The SMILES string of the molecule is CC(C)(C(N)=O)c1ccc(Nc2cc(N3CC[C@@](C#N)(C4CC4)C3=O)ccn2)nc1. The highest BCUT2D eigenvalue weighted by Crippen LogP contribution is 2.51. The van der Waals surface area contributed by atoms with E-state index in [9.17, 15) is 14.9 Å².